The number of nitrogens with two attached hydrogens (primary N) is 5. The number of hydrogen-bond donors (Lipinski definition) is 15. The number of aliphatic hydroxyl groups excluding tert-OH is 2. The van der Waals surface area contributed by atoms with E-state index in [9.17, 15) is 109 Å². The molecule has 43 heteroatoms. The second-order valence-corrected chi connectivity index (χ2v) is 22.7. The Balaban J connectivity index is -0.0000000999. The van der Waals surface area contributed by atoms with Crippen LogP contribution in [-0.4, -0.2) is 148 Å². The first kappa shape index (κ1) is 143. The Morgan fingerprint density at radius 1 is 0.288 bits per heavy atom. The van der Waals surface area contributed by atoms with Gasteiger partial charge in [0.1, 0.15) is 12.2 Å². The van der Waals surface area contributed by atoms with E-state index in [2.05, 4.69) is 25.3 Å². The van der Waals surface area contributed by atoms with Gasteiger partial charge in [0.15, 0.2) is 11.5 Å². The first-order valence-corrected chi connectivity index (χ1v) is 33.3. The Labute approximate surface area is 797 Å². The van der Waals surface area contributed by atoms with Gasteiger partial charge in [-0.1, -0.05) is 231 Å². The summed E-state index contributed by atoms with van der Waals surface area (Å²) >= 11 is 7.22. The van der Waals surface area contributed by atoms with E-state index in [1.807, 2.05) is 60.7 Å². The molecule has 0 saturated carbocycles. The summed E-state index contributed by atoms with van der Waals surface area (Å²) in [6, 6.07) is 54.7. The standard InChI is InChI=1S/C9H11NO4.2C9H11NO2.2C8H8O3.4C7H6O3.2C3H7NO2S.5CH4.6Fe/c10-6(9(13)14)3-5-1-2-7(11)8(12)4-5;2*10-8(9(11)12)6-7-4-2-1-3-5-7;2*9-7(8(10)11)6-4-2-1-3-5-6;2*8-6-3-1-5(2-4-6)7(9)10;8-6-3-1-2-5(4-6)7(9)10;8-6-4-2-1-3-5(6)7(9)10;2*4-2(1-7)3(5)6;;;;;;;;;;;/h1-2,4,6,11-12H,3,10H2,(H,13,14);2*1-5,8H,6,10H2,(H,11,12);2*1-5,7,9H,(H,10,11);4*1-4,8H,(H,9,10);2*2,7H,1,4H2,(H,5,6);5*1H4;;;;;;/q;;;;;;;;;;;;;;;;6*+3/p-11/t;;;2*7-;;;;;;;;;;;;;;;;;/m...10................./s1. The third kappa shape index (κ3) is 68.5. The number of aromatic hydroxyl groups is 2. The molecular weight excluding hydrogens is 1930 g/mol. The van der Waals surface area contributed by atoms with Crippen molar-refractivity contribution in [3.05, 3.63) is 287 Å². The molecule has 125 heavy (non-hydrogen) atoms. The van der Waals surface area contributed by atoms with E-state index >= 15 is 0 Å². The molecule has 0 fully saturated rings. The molecular formula is C82H96Fe6N5O30S2+7. The van der Waals surface area contributed by atoms with Gasteiger partial charge in [-0.3, -0.25) is 0 Å². The van der Waals surface area contributed by atoms with Crippen molar-refractivity contribution in [1.29, 1.82) is 0 Å². The Morgan fingerprint density at radius 2 is 0.568 bits per heavy atom. The molecule has 0 aliphatic heterocycles. The number of carboxylic acid groups (broad SMARTS) is 11. The molecule has 0 aliphatic rings. The Kier molecular flexibility index (Phi) is 93.7. The summed E-state index contributed by atoms with van der Waals surface area (Å²) < 4.78 is 0. The van der Waals surface area contributed by atoms with Crippen molar-refractivity contribution in [2.24, 2.45) is 28.7 Å². The van der Waals surface area contributed by atoms with Gasteiger partial charge in [-0.15, -0.1) is 17.2 Å². The molecule has 35 nitrogen and oxygen atoms in total. The number of aliphatic carboxylic acids is 7. The zero-order chi connectivity index (χ0) is 87.2. The van der Waals surface area contributed by atoms with E-state index in [-0.39, 0.29) is 208 Å². The quantitative estimate of drug-likeness (QED) is 0.0197. The molecule has 682 valence electrons. The Bertz CT molecular complexity index is 4240. The molecule has 0 aromatic heterocycles. The second-order valence-electron chi connectivity index (χ2n) is 22.0. The molecule has 7 atom stereocenters. The molecule has 18 N–H and O–H groups in total. The van der Waals surface area contributed by atoms with E-state index in [0.717, 1.165) is 17.2 Å². The van der Waals surface area contributed by atoms with E-state index in [1.54, 1.807) is 36.4 Å². The normalized spacial score (nSPS) is 10.4. The van der Waals surface area contributed by atoms with Crippen molar-refractivity contribution < 1.29 is 252 Å². The number of hydrogen-bond acceptors (Lipinski definition) is 33. The zero-order valence-electron chi connectivity index (χ0n) is 61.6. The average Bonchev–Trinajstić information content (AvgIpc) is 0.872. The molecule has 6 radical (unpaired) electrons. The summed E-state index contributed by atoms with van der Waals surface area (Å²) in [7, 11) is 0. The average molecular weight is 2030 g/mol. The van der Waals surface area contributed by atoms with Crippen LogP contribution in [-0.2, 0) is 155 Å². The molecule has 0 aliphatic carbocycles. The summed E-state index contributed by atoms with van der Waals surface area (Å²) in [4.78, 5) is 111. The van der Waals surface area contributed by atoms with Crippen LogP contribution in [0.3, 0.4) is 0 Å². The maximum absolute atomic E-state index is 10.7. The van der Waals surface area contributed by atoms with Crippen LogP contribution in [0.15, 0.2) is 237 Å². The summed E-state index contributed by atoms with van der Waals surface area (Å²) in [5.41, 5.74) is 28.7. The van der Waals surface area contributed by atoms with E-state index in [1.165, 1.54) is 133 Å². The van der Waals surface area contributed by atoms with Gasteiger partial charge in [0.2, 0.25) is 0 Å². The first-order chi connectivity index (χ1) is 53.5. The number of para-hydroxylation sites is 1. The fourth-order valence-electron chi connectivity index (χ4n) is 7.10. The number of rotatable bonds is 21. The molecule has 0 spiro atoms. The van der Waals surface area contributed by atoms with Crippen LogP contribution in [0.4, 0.5) is 0 Å². The number of aliphatic hydroxyl groups is 2. The van der Waals surface area contributed by atoms with Gasteiger partial charge in [-0.05, 0) is 95.6 Å². The number of carbonyl (C=O) groups is 11. The molecule has 0 bridgehead atoms. The van der Waals surface area contributed by atoms with Crippen LogP contribution in [0, 0.1) is 0 Å². The number of phenolic OH excluding ortho intramolecular Hbond substituents is 2. The Hall–Kier alpha value is -10.5. The van der Waals surface area contributed by atoms with Crippen LogP contribution in [0.1, 0.15) is 119 Å². The van der Waals surface area contributed by atoms with Crippen LogP contribution in [0.25, 0.3) is 0 Å². The summed E-state index contributed by atoms with van der Waals surface area (Å²) in [5.74, 6) is -14.9. The van der Waals surface area contributed by atoms with Gasteiger partial charge in [0, 0.05) is 29.6 Å². The summed E-state index contributed by atoms with van der Waals surface area (Å²) in [5, 5.41) is 182. The number of benzene rings is 9. The molecule has 0 amide bonds. The van der Waals surface area contributed by atoms with Crippen molar-refractivity contribution in [3.63, 3.8) is 0 Å². The number of carbonyl (C=O) groups excluding carboxylic acids is 7. The predicted octanol–water partition coefficient (Wildman–Crippen LogP) is -2.74. The van der Waals surface area contributed by atoms with Crippen LogP contribution in [0.5, 0.6) is 34.5 Å². The fraction of sp³-hybridized carbons (Fsp3) is 0.207. The largest absolute Gasteiger partial charge is 3.00 e. The number of thiol groups is 2. The molecule has 9 rings (SSSR count). The van der Waals surface area contributed by atoms with Gasteiger partial charge < -0.3 is 159 Å². The van der Waals surface area contributed by atoms with Gasteiger partial charge in [0.05, 0.1) is 76.1 Å². The van der Waals surface area contributed by atoms with Crippen molar-refractivity contribution in [1.82, 2.24) is 0 Å². The Morgan fingerprint density at radius 3 is 0.792 bits per heavy atom. The van der Waals surface area contributed by atoms with Crippen molar-refractivity contribution >= 4 is 90.9 Å². The van der Waals surface area contributed by atoms with Gasteiger partial charge in [-0.2, -0.15) is 25.3 Å². The first-order valence-electron chi connectivity index (χ1n) is 32.0. The van der Waals surface area contributed by atoms with E-state index in [0.29, 0.717) is 29.5 Å². The molecule has 9 aromatic rings. The fourth-order valence-corrected chi connectivity index (χ4v) is 7.39. The third-order valence-electron chi connectivity index (χ3n) is 13.1. The van der Waals surface area contributed by atoms with Crippen molar-refractivity contribution in [3.8, 4) is 34.5 Å². The van der Waals surface area contributed by atoms with E-state index < -0.39 is 114 Å². The van der Waals surface area contributed by atoms with Gasteiger partial charge in [-0.25, -0.2) is 19.2 Å². The van der Waals surface area contributed by atoms with Crippen LogP contribution < -0.4 is 84.8 Å². The molecule has 9 aromatic carbocycles. The SMILES string of the molecule is C.C.C.C.C.NC(CS)C(=O)[O-].NC(CS)C(=O)[O-].NC(Cc1ccc(O)c(O)c1)C(=O)[O-].NC(Cc1ccccc1)C(=O)[O-].NC(Cc1ccccc1)C(=O)[O-].O=C(O)c1ccc([O-])cc1.O=C(O)c1ccc([O-])cc1.O=C(O)c1cccc([O-])c1.O=C(O)c1ccccc1[O-].O=C([O-])[C@@H](O)c1ccccc1.O=C([O-])[C@H](O)c1ccccc1.[Fe+3].[Fe+3].[Fe+3].[Fe+3].[Fe+3].[Fe+3]. The molecule has 0 heterocycles. The van der Waals surface area contributed by atoms with E-state index in [4.69, 9.17) is 69.5 Å². The maximum atomic E-state index is 10.7. The van der Waals surface area contributed by atoms with Crippen LogP contribution >= 0.6 is 25.3 Å². The number of aromatic carboxylic acids is 4. The van der Waals surface area contributed by atoms with Crippen molar-refractivity contribution in [2.75, 3.05) is 11.5 Å². The monoisotopic (exact) mass is 2030 g/mol. The number of phenols is 2. The smallest absolute Gasteiger partial charge is 0.872 e. The molecule has 0 saturated heterocycles. The minimum atomic E-state index is -1.52. The zero-order valence-corrected chi connectivity index (χ0v) is 70.0. The summed E-state index contributed by atoms with van der Waals surface area (Å²) in [6.07, 6.45) is -2.34. The summed E-state index contributed by atoms with van der Waals surface area (Å²) in [6.45, 7) is 0. The van der Waals surface area contributed by atoms with Crippen LogP contribution in [0.2, 0.25) is 0 Å². The molecule has 5 unspecified atom stereocenters. The third-order valence-corrected chi connectivity index (χ3v) is 13.9. The minimum Gasteiger partial charge on any atom is -0.872 e. The maximum Gasteiger partial charge on any atom is 3.00 e. The minimum absolute atomic E-state index is 0. The van der Waals surface area contributed by atoms with Gasteiger partial charge in [0.25, 0.3) is 0 Å². The topological polar surface area (TPSA) is 733 Å². The number of carboxylic acids is 11. The second kappa shape index (κ2) is 81.8. The van der Waals surface area contributed by atoms with Gasteiger partial charge >= 0.3 is 126 Å². The predicted molar refractivity (Wildman–Crippen MR) is 424 cm³/mol. The van der Waals surface area contributed by atoms with Crippen molar-refractivity contribution in [2.45, 2.75) is 98.8 Å².